The fourth-order valence-electron chi connectivity index (χ4n) is 2.50. The summed E-state index contributed by atoms with van der Waals surface area (Å²) in [5.74, 6) is 0. The maximum Gasteiger partial charge on any atom is 0.238 e. The first-order chi connectivity index (χ1) is 11.3. The molecule has 1 aromatic heterocycles. The summed E-state index contributed by atoms with van der Waals surface area (Å²) in [4.78, 5) is 0.0772. The molecule has 0 spiro atoms. The maximum atomic E-state index is 11.4. The molecule has 0 unspecified atom stereocenters. The molecule has 0 atom stereocenters. The number of rotatable bonds is 3. The molecule has 0 amide bonds. The van der Waals surface area contributed by atoms with Gasteiger partial charge in [-0.2, -0.15) is 5.10 Å². The van der Waals surface area contributed by atoms with E-state index < -0.39 is 10.0 Å². The zero-order valence-electron chi connectivity index (χ0n) is 13.2. The van der Waals surface area contributed by atoms with E-state index in [2.05, 4.69) is 27.1 Å². The van der Waals surface area contributed by atoms with Gasteiger partial charge in [0.25, 0.3) is 0 Å². The fourth-order valence-corrected chi connectivity index (χ4v) is 3.47. The molecule has 0 aliphatic heterocycles. The van der Waals surface area contributed by atoms with Gasteiger partial charge in [-0.3, -0.25) is 0 Å². The van der Waals surface area contributed by atoms with Gasteiger partial charge in [0.2, 0.25) is 10.0 Å². The van der Waals surface area contributed by atoms with Crippen LogP contribution in [0, 0.1) is 13.8 Å². The van der Waals surface area contributed by atoms with E-state index in [9.17, 15) is 8.42 Å². The normalized spacial score (nSPS) is 11.7. The van der Waals surface area contributed by atoms with Crippen molar-refractivity contribution >= 4 is 26.0 Å². The highest BCUT2D eigenvalue weighted by molar-refractivity contribution is 9.10. The van der Waals surface area contributed by atoms with Crippen LogP contribution in [0.2, 0.25) is 0 Å². The minimum atomic E-state index is -3.71. The van der Waals surface area contributed by atoms with E-state index in [-0.39, 0.29) is 4.90 Å². The molecule has 5 nitrogen and oxygen atoms in total. The third-order valence-electron chi connectivity index (χ3n) is 3.64. The van der Waals surface area contributed by atoms with Gasteiger partial charge >= 0.3 is 0 Å². The molecule has 0 saturated carbocycles. The van der Waals surface area contributed by atoms with Crippen molar-refractivity contribution in [1.82, 2.24) is 9.78 Å². The Morgan fingerprint density at radius 2 is 1.71 bits per heavy atom. The summed E-state index contributed by atoms with van der Waals surface area (Å²) in [5, 5.41) is 9.69. The lowest BCUT2D eigenvalue weighted by atomic mass is 10.1. The fraction of sp³-hybridized carbons (Fsp3) is 0.118. The second kappa shape index (κ2) is 6.16. The van der Waals surface area contributed by atoms with Gasteiger partial charge in [0.1, 0.15) is 0 Å². The summed E-state index contributed by atoms with van der Waals surface area (Å²) < 4.78 is 25.6. The maximum absolute atomic E-state index is 11.4. The van der Waals surface area contributed by atoms with E-state index in [0.717, 1.165) is 32.7 Å². The quantitative estimate of drug-likeness (QED) is 0.723. The molecule has 3 aromatic rings. The van der Waals surface area contributed by atoms with Crippen LogP contribution in [0.5, 0.6) is 0 Å². The number of halogens is 1. The van der Waals surface area contributed by atoms with E-state index >= 15 is 0 Å². The molecular formula is C17H16BrN3O2S. The SMILES string of the molecule is Cc1ccc(Br)c(-c2cc(C)nn2-c2ccc(S(N)(=O)=O)cc2)c1. The van der Waals surface area contributed by atoms with E-state index in [1.165, 1.54) is 12.1 Å². The average molecular weight is 406 g/mol. The van der Waals surface area contributed by atoms with Crippen LogP contribution in [0.4, 0.5) is 0 Å². The van der Waals surface area contributed by atoms with Crippen LogP contribution in [0.1, 0.15) is 11.3 Å². The summed E-state index contributed by atoms with van der Waals surface area (Å²) in [6.45, 7) is 3.95. The zero-order valence-corrected chi connectivity index (χ0v) is 15.6. The summed E-state index contributed by atoms with van der Waals surface area (Å²) >= 11 is 3.58. The molecule has 1 heterocycles. The van der Waals surface area contributed by atoms with Crippen LogP contribution in [0.15, 0.2) is 57.9 Å². The second-order valence-electron chi connectivity index (χ2n) is 5.60. The first-order valence-electron chi connectivity index (χ1n) is 7.22. The van der Waals surface area contributed by atoms with Crippen molar-refractivity contribution in [2.24, 2.45) is 5.14 Å². The highest BCUT2D eigenvalue weighted by Crippen LogP contribution is 2.31. The molecule has 0 aliphatic carbocycles. The third-order valence-corrected chi connectivity index (χ3v) is 5.26. The smallest absolute Gasteiger partial charge is 0.233 e. The van der Waals surface area contributed by atoms with Gasteiger partial charge in [0, 0.05) is 10.0 Å². The summed E-state index contributed by atoms with van der Waals surface area (Å²) in [6, 6.07) is 14.5. The Labute approximate surface area is 149 Å². The number of aryl methyl sites for hydroxylation is 2. The molecule has 7 heteroatoms. The Kier molecular flexibility index (Phi) is 4.33. The lowest BCUT2D eigenvalue weighted by Gasteiger charge is -2.10. The summed E-state index contributed by atoms with van der Waals surface area (Å²) in [6.07, 6.45) is 0. The number of hydrogen-bond donors (Lipinski definition) is 1. The van der Waals surface area contributed by atoms with E-state index in [1.54, 1.807) is 16.8 Å². The van der Waals surface area contributed by atoms with Crippen LogP contribution < -0.4 is 5.14 Å². The number of primary sulfonamides is 1. The van der Waals surface area contributed by atoms with Crippen LogP contribution in [-0.2, 0) is 10.0 Å². The molecule has 2 N–H and O–H groups in total. The minimum Gasteiger partial charge on any atom is -0.233 e. The molecule has 3 rings (SSSR count). The Bertz CT molecular complexity index is 1010. The first-order valence-corrected chi connectivity index (χ1v) is 9.56. The van der Waals surface area contributed by atoms with Gasteiger partial charge in [-0.25, -0.2) is 18.2 Å². The monoisotopic (exact) mass is 405 g/mol. The Morgan fingerprint density at radius 1 is 1.04 bits per heavy atom. The predicted octanol–water partition coefficient (Wildman–Crippen LogP) is 3.57. The molecule has 0 saturated heterocycles. The van der Waals surface area contributed by atoms with Crippen LogP contribution >= 0.6 is 15.9 Å². The Morgan fingerprint density at radius 3 is 2.33 bits per heavy atom. The molecular weight excluding hydrogens is 390 g/mol. The largest absolute Gasteiger partial charge is 0.238 e. The number of nitrogens with two attached hydrogens (primary N) is 1. The van der Waals surface area contributed by atoms with Gasteiger partial charge < -0.3 is 0 Å². The summed E-state index contributed by atoms with van der Waals surface area (Å²) in [7, 11) is -3.71. The van der Waals surface area contributed by atoms with Crippen molar-refractivity contribution in [3.05, 3.63) is 64.3 Å². The van der Waals surface area contributed by atoms with Gasteiger partial charge in [0.05, 0.1) is 22.0 Å². The topological polar surface area (TPSA) is 78.0 Å². The van der Waals surface area contributed by atoms with Crippen molar-refractivity contribution in [2.75, 3.05) is 0 Å². The van der Waals surface area contributed by atoms with Crippen LogP contribution in [0.25, 0.3) is 16.9 Å². The predicted molar refractivity (Wildman–Crippen MR) is 97.5 cm³/mol. The van der Waals surface area contributed by atoms with Gasteiger partial charge in [-0.15, -0.1) is 0 Å². The van der Waals surface area contributed by atoms with Gasteiger partial charge in [-0.05, 0) is 56.3 Å². The van der Waals surface area contributed by atoms with Crippen molar-refractivity contribution in [1.29, 1.82) is 0 Å². The molecule has 2 aromatic carbocycles. The highest BCUT2D eigenvalue weighted by atomic mass is 79.9. The average Bonchev–Trinajstić information content (AvgIpc) is 2.91. The highest BCUT2D eigenvalue weighted by Gasteiger charge is 2.14. The van der Waals surface area contributed by atoms with Crippen molar-refractivity contribution in [2.45, 2.75) is 18.7 Å². The lowest BCUT2D eigenvalue weighted by molar-refractivity contribution is 0.598. The number of benzene rings is 2. The molecule has 124 valence electrons. The Hall–Kier alpha value is -1.96. The molecule has 0 fully saturated rings. The van der Waals surface area contributed by atoms with Gasteiger partial charge in [0.15, 0.2) is 0 Å². The lowest BCUT2D eigenvalue weighted by Crippen LogP contribution is -2.12. The van der Waals surface area contributed by atoms with Crippen molar-refractivity contribution in [3.63, 3.8) is 0 Å². The molecule has 0 radical (unpaired) electrons. The number of hydrogen-bond acceptors (Lipinski definition) is 3. The number of nitrogens with zero attached hydrogens (tertiary/aromatic N) is 2. The van der Waals surface area contributed by atoms with Crippen molar-refractivity contribution in [3.8, 4) is 16.9 Å². The second-order valence-corrected chi connectivity index (χ2v) is 8.02. The third kappa shape index (κ3) is 3.28. The van der Waals surface area contributed by atoms with Gasteiger partial charge in [-0.1, -0.05) is 27.6 Å². The molecule has 0 aliphatic rings. The Balaban J connectivity index is 2.15. The first kappa shape index (κ1) is 16.9. The number of sulfonamides is 1. The van der Waals surface area contributed by atoms with E-state index in [4.69, 9.17) is 5.14 Å². The zero-order chi connectivity index (χ0) is 17.5. The van der Waals surface area contributed by atoms with Crippen LogP contribution in [0.3, 0.4) is 0 Å². The molecule has 24 heavy (non-hydrogen) atoms. The van der Waals surface area contributed by atoms with Crippen LogP contribution in [-0.4, -0.2) is 18.2 Å². The minimum absolute atomic E-state index is 0.0772. The van der Waals surface area contributed by atoms with E-state index in [0.29, 0.717) is 0 Å². The molecule has 0 bridgehead atoms. The summed E-state index contributed by atoms with van der Waals surface area (Å²) in [5.41, 5.74) is 4.72. The standard InChI is InChI=1S/C17H16BrN3O2S/c1-11-3-8-16(18)15(9-11)17-10-12(2)20-21(17)13-4-6-14(7-5-13)24(19,22)23/h3-10H,1-2H3,(H2,19,22,23). The number of aromatic nitrogens is 2. The van der Waals surface area contributed by atoms with Crippen molar-refractivity contribution < 1.29 is 8.42 Å². The van der Waals surface area contributed by atoms with E-state index in [1.807, 2.05) is 32.0 Å².